The number of hydrogen-bond acceptors (Lipinski definition) is 3. The molecule has 5 nitrogen and oxygen atoms in total. The largest absolute Gasteiger partial charge is 0.326 e. The van der Waals surface area contributed by atoms with Crippen molar-refractivity contribution in [1.29, 1.82) is 0 Å². The van der Waals surface area contributed by atoms with Crippen molar-refractivity contribution in [1.82, 2.24) is 0 Å². The summed E-state index contributed by atoms with van der Waals surface area (Å²) < 4.78 is 0. The van der Waals surface area contributed by atoms with Gasteiger partial charge in [0.15, 0.2) is 0 Å². The molecule has 0 atom stereocenters. The molecule has 2 rings (SSSR count). The Balaban J connectivity index is 2.16. The highest BCUT2D eigenvalue weighted by Gasteiger charge is 2.15. The molecule has 0 saturated heterocycles. The maximum atomic E-state index is 12.1. The second-order valence-corrected chi connectivity index (χ2v) is 4.93. The van der Waals surface area contributed by atoms with Crippen molar-refractivity contribution >= 4 is 17.3 Å². The van der Waals surface area contributed by atoms with Gasteiger partial charge in [0.05, 0.1) is 11.3 Å². The molecule has 0 aliphatic rings. The van der Waals surface area contributed by atoms with Crippen molar-refractivity contribution in [3.05, 3.63) is 69.3 Å². The highest BCUT2D eigenvalue weighted by molar-refractivity contribution is 5.93. The number of nitrogens with one attached hydrogen (secondary N) is 1. The summed E-state index contributed by atoms with van der Waals surface area (Å²) in [5.74, 6) is -0.266. The number of para-hydroxylation sites is 1. The van der Waals surface area contributed by atoms with E-state index in [9.17, 15) is 14.9 Å². The Hall–Kier alpha value is -2.69. The molecule has 0 fully saturated rings. The predicted molar refractivity (Wildman–Crippen MR) is 81.3 cm³/mol. The van der Waals surface area contributed by atoms with Crippen molar-refractivity contribution in [2.24, 2.45) is 0 Å². The topological polar surface area (TPSA) is 72.2 Å². The Kier molecular flexibility index (Phi) is 4.33. The molecule has 1 amide bonds. The normalized spacial score (nSPS) is 10.2. The molecular weight excluding hydrogens is 268 g/mol. The lowest BCUT2D eigenvalue weighted by Crippen LogP contribution is -2.16. The second kappa shape index (κ2) is 6.17. The van der Waals surface area contributed by atoms with E-state index in [4.69, 9.17) is 0 Å². The molecule has 2 aromatic rings. The van der Waals surface area contributed by atoms with Crippen LogP contribution in [0, 0.1) is 24.0 Å². The van der Waals surface area contributed by atoms with E-state index in [1.54, 1.807) is 18.2 Å². The quantitative estimate of drug-likeness (QED) is 0.691. The zero-order valence-electron chi connectivity index (χ0n) is 11.9. The number of hydrogen-bond donors (Lipinski definition) is 1. The fourth-order valence-electron chi connectivity index (χ4n) is 2.08. The summed E-state index contributed by atoms with van der Waals surface area (Å²) in [5, 5.41) is 13.7. The molecule has 0 saturated carbocycles. The molecule has 0 spiro atoms. The van der Waals surface area contributed by atoms with Crippen LogP contribution in [-0.2, 0) is 11.2 Å². The molecule has 21 heavy (non-hydrogen) atoms. The average Bonchev–Trinajstić information content (AvgIpc) is 2.43. The maximum Gasteiger partial charge on any atom is 0.273 e. The summed E-state index contributed by atoms with van der Waals surface area (Å²) in [6, 6.07) is 12.1. The molecule has 0 heterocycles. The third kappa shape index (κ3) is 3.66. The molecule has 0 aliphatic carbocycles. The number of nitro benzene ring substituents is 1. The first-order valence-electron chi connectivity index (χ1n) is 6.57. The molecule has 1 N–H and O–H groups in total. The number of carbonyl (C=O) groups excluding carboxylic acids is 1. The Bertz CT molecular complexity index is 696. The number of carbonyl (C=O) groups is 1. The van der Waals surface area contributed by atoms with Crippen LogP contribution in [0.4, 0.5) is 11.4 Å². The smallest absolute Gasteiger partial charge is 0.273 e. The number of nitrogens with zero attached hydrogens (tertiary/aromatic N) is 1. The fourth-order valence-corrected chi connectivity index (χ4v) is 2.08. The van der Waals surface area contributed by atoms with Gasteiger partial charge in [0, 0.05) is 17.3 Å². The average molecular weight is 284 g/mol. The highest BCUT2D eigenvalue weighted by Crippen LogP contribution is 2.20. The summed E-state index contributed by atoms with van der Waals surface area (Å²) in [5.41, 5.74) is 3.11. The number of aryl methyl sites for hydroxylation is 2. The number of anilines is 1. The van der Waals surface area contributed by atoms with Crippen LogP contribution in [0.5, 0.6) is 0 Å². The van der Waals surface area contributed by atoms with Crippen LogP contribution in [-0.4, -0.2) is 10.8 Å². The Morgan fingerprint density at radius 3 is 2.62 bits per heavy atom. The van der Waals surface area contributed by atoms with Crippen LogP contribution in [0.3, 0.4) is 0 Å². The van der Waals surface area contributed by atoms with E-state index in [2.05, 4.69) is 5.32 Å². The minimum atomic E-state index is -0.472. The molecule has 2 aromatic carbocycles. The first-order chi connectivity index (χ1) is 9.97. The summed E-state index contributed by atoms with van der Waals surface area (Å²) in [7, 11) is 0. The summed E-state index contributed by atoms with van der Waals surface area (Å²) >= 11 is 0. The SMILES string of the molecule is Cc1ccc(C)c(NC(=O)Cc2ccccc2[N+](=O)[O-])c1. The van der Waals surface area contributed by atoms with Gasteiger partial charge in [0.25, 0.3) is 5.69 Å². The lowest BCUT2D eigenvalue weighted by Gasteiger charge is -2.09. The van der Waals surface area contributed by atoms with Crippen molar-refractivity contribution in [2.75, 3.05) is 5.32 Å². The van der Waals surface area contributed by atoms with E-state index in [1.165, 1.54) is 6.07 Å². The van der Waals surface area contributed by atoms with Gasteiger partial charge in [-0.1, -0.05) is 30.3 Å². The summed E-state index contributed by atoms with van der Waals surface area (Å²) in [6.07, 6.45) is -0.0233. The van der Waals surface area contributed by atoms with Crippen molar-refractivity contribution in [3.63, 3.8) is 0 Å². The van der Waals surface area contributed by atoms with Gasteiger partial charge in [0.2, 0.25) is 5.91 Å². The Morgan fingerprint density at radius 1 is 1.19 bits per heavy atom. The molecule has 0 radical (unpaired) electrons. The van der Waals surface area contributed by atoms with E-state index in [0.29, 0.717) is 5.56 Å². The van der Waals surface area contributed by atoms with E-state index < -0.39 is 4.92 Å². The molecule has 108 valence electrons. The van der Waals surface area contributed by atoms with E-state index in [-0.39, 0.29) is 18.0 Å². The van der Waals surface area contributed by atoms with Crippen LogP contribution in [0.25, 0.3) is 0 Å². The Morgan fingerprint density at radius 2 is 1.90 bits per heavy atom. The number of benzene rings is 2. The zero-order valence-corrected chi connectivity index (χ0v) is 11.9. The van der Waals surface area contributed by atoms with Crippen LogP contribution >= 0.6 is 0 Å². The van der Waals surface area contributed by atoms with Crippen molar-refractivity contribution in [2.45, 2.75) is 20.3 Å². The van der Waals surface area contributed by atoms with Crippen LogP contribution in [0.1, 0.15) is 16.7 Å². The number of amides is 1. The summed E-state index contributed by atoms with van der Waals surface area (Å²) in [4.78, 5) is 22.5. The van der Waals surface area contributed by atoms with Gasteiger partial charge >= 0.3 is 0 Å². The summed E-state index contributed by atoms with van der Waals surface area (Å²) in [6.45, 7) is 3.84. The number of rotatable bonds is 4. The molecule has 5 heteroatoms. The lowest BCUT2D eigenvalue weighted by molar-refractivity contribution is -0.385. The lowest BCUT2D eigenvalue weighted by atomic mass is 10.1. The van der Waals surface area contributed by atoms with E-state index in [1.807, 2.05) is 32.0 Å². The molecule has 0 aromatic heterocycles. The molecular formula is C16H16N2O3. The van der Waals surface area contributed by atoms with Gasteiger partial charge in [0.1, 0.15) is 0 Å². The minimum absolute atomic E-state index is 0.0233. The van der Waals surface area contributed by atoms with Crippen molar-refractivity contribution < 1.29 is 9.72 Å². The van der Waals surface area contributed by atoms with E-state index in [0.717, 1.165) is 16.8 Å². The first kappa shape index (κ1) is 14.7. The van der Waals surface area contributed by atoms with E-state index >= 15 is 0 Å². The van der Waals surface area contributed by atoms with Gasteiger partial charge in [-0.25, -0.2) is 0 Å². The van der Waals surface area contributed by atoms with Crippen molar-refractivity contribution in [3.8, 4) is 0 Å². The Labute approximate surface area is 122 Å². The van der Waals surface area contributed by atoms with Gasteiger partial charge in [-0.3, -0.25) is 14.9 Å². The maximum absolute atomic E-state index is 12.1. The molecule has 0 unspecified atom stereocenters. The standard InChI is InChI=1S/C16H16N2O3/c1-11-7-8-12(2)14(9-11)17-16(19)10-13-5-3-4-6-15(13)18(20)21/h3-9H,10H2,1-2H3,(H,17,19). The van der Waals surface area contributed by atoms with Gasteiger partial charge < -0.3 is 5.32 Å². The fraction of sp³-hybridized carbons (Fsp3) is 0.188. The third-order valence-corrected chi connectivity index (χ3v) is 3.21. The monoisotopic (exact) mass is 284 g/mol. The highest BCUT2D eigenvalue weighted by atomic mass is 16.6. The first-order valence-corrected chi connectivity index (χ1v) is 6.57. The molecule has 0 aliphatic heterocycles. The predicted octanol–water partition coefficient (Wildman–Crippen LogP) is 3.39. The second-order valence-electron chi connectivity index (χ2n) is 4.93. The third-order valence-electron chi connectivity index (χ3n) is 3.21. The number of nitro groups is 1. The van der Waals surface area contributed by atoms with Gasteiger partial charge in [-0.05, 0) is 31.0 Å². The van der Waals surface area contributed by atoms with Gasteiger partial charge in [-0.2, -0.15) is 0 Å². The van der Waals surface area contributed by atoms with Crippen LogP contribution < -0.4 is 5.32 Å². The van der Waals surface area contributed by atoms with Gasteiger partial charge in [-0.15, -0.1) is 0 Å². The van der Waals surface area contributed by atoms with Crippen LogP contribution in [0.2, 0.25) is 0 Å². The minimum Gasteiger partial charge on any atom is -0.326 e. The molecule has 0 bridgehead atoms. The van der Waals surface area contributed by atoms with Crippen LogP contribution in [0.15, 0.2) is 42.5 Å². The zero-order chi connectivity index (χ0) is 15.4.